The van der Waals surface area contributed by atoms with E-state index >= 15 is 0 Å². The zero-order chi connectivity index (χ0) is 18.4. The molecule has 1 saturated heterocycles. The largest absolute Gasteiger partial charge is 0.353 e. The molecule has 0 unspecified atom stereocenters. The highest BCUT2D eigenvalue weighted by Gasteiger charge is 2.20. The lowest BCUT2D eigenvalue weighted by atomic mass is 10.1. The van der Waals surface area contributed by atoms with Crippen molar-refractivity contribution in [1.29, 1.82) is 0 Å². The number of amides is 1. The van der Waals surface area contributed by atoms with Crippen LogP contribution in [0.4, 0.5) is 5.69 Å². The summed E-state index contributed by atoms with van der Waals surface area (Å²) < 4.78 is 25.4. The second kappa shape index (κ2) is 8.87. The van der Waals surface area contributed by atoms with E-state index in [1.807, 2.05) is 0 Å². The predicted octanol–water partition coefficient (Wildman–Crippen LogP) is 2.10. The van der Waals surface area contributed by atoms with Gasteiger partial charge in [0.25, 0.3) is 0 Å². The Balaban J connectivity index is 1.86. The van der Waals surface area contributed by atoms with Crippen LogP contribution in [0.2, 0.25) is 5.02 Å². The first-order valence-electron chi connectivity index (χ1n) is 8.47. The van der Waals surface area contributed by atoms with Gasteiger partial charge < -0.3 is 10.2 Å². The summed E-state index contributed by atoms with van der Waals surface area (Å²) >= 11 is 5.95. The van der Waals surface area contributed by atoms with Gasteiger partial charge in [-0.05, 0) is 57.6 Å². The van der Waals surface area contributed by atoms with E-state index in [1.165, 1.54) is 4.31 Å². The van der Waals surface area contributed by atoms with Gasteiger partial charge in [-0.2, -0.15) is 0 Å². The molecule has 1 amide bonds. The van der Waals surface area contributed by atoms with Crippen molar-refractivity contribution < 1.29 is 13.2 Å². The van der Waals surface area contributed by atoms with E-state index in [-0.39, 0.29) is 18.5 Å². The number of hydrogen-bond acceptors (Lipinski definition) is 4. The second-order valence-electron chi connectivity index (χ2n) is 6.56. The molecule has 0 bridgehead atoms. The number of sulfonamides is 1. The summed E-state index contributed by atoms with van der Waals surface area (Å²) in [6.45, 7) is 2.23. The molecule has 1 fully saturated rings. The van der Waals surface area contributed by atoms with Crippen LogP contribution in [0, 0.1) is 0 Å². The average molecular weight is 388 g/mol. The van der Waals surface area contributed by atoms with E-state index < -0.39 is 10.0 Å². The maximum absolute atomic E-state index is 12.1. The van der Waals surface area contributed by atoms with Crippen LogP contribution in [0.3, 0.4) is 0 Å². The Bertz CT molecular complexity index is 688. The molecule has 1 N–H and O–H groups in total. The normalized spacial score (nSPS) is 16.6. The molecule has 0 spiro atoms. The van der Waals surface area contributed by atoms with Gasteiger partial charge in [-0.1, -0.05) is 17.7 Å². The van der Waals surface area contributed by atoms with E-state index in [2.05, 4.69) is 17.3 Å². The van der Waals surface area contributed by atoms with Crippen LogP contribution >= 0.6 is 11.6 Å². The number of rotatable bonds is 7. The van der Waals surface area contributed by atoms with Gasteiger partial charge >= 0.3 is 0 Å². The summed E-state index contributed by atoms with van der Waals surface area (Å²) in [6, 6.07) is 6.94. The Morgan fingerprint density at radius 3 is 2.64 bits per heavy atom. The molecule has 1 heterocycles. The van der Waals surface area contributed by atoms with Gasteiger partial charge in [0.2, 0.25) is 15.9 Å². The van der Waals surface area contributed by atoms with Gasteiger partial charge in [0, 0.05) is 24.0 Å². The highest BCUT2D eigenvalue weighted by Crippen LogP contribution is 2.22. The minimum atomic E-state index is -3.43. The minimum Gasteiger partial charge on any atom is -0.353 e. The average Bonchev–Trinajstić information content (AvgIpc) is 2.52. The SMILES string of the molecule is CN1CCC(NC(=O)CCCN(c2cccc(Cl)c2)S(C)(=O)=O)CC1. The molecule has 8 heteroatoms. The van der Waals surface area contributed by atoms with Crippen LogP contribution in [-0.4, -0.2) is 58.2 Å². The zero-order valence-corrected chi connectivity index (χ0v) is 16.3. The van der Waals surface area contributed by atoms with Crippen LogP contribution in [-0.2, 0) is 14.8 Å². The number of carbonyl (C=O) groups is 1. The van der Waals surface area contributed by atoms with Crippen LogP contribution in [0.25, 0.3) is 0 Å². The number of likely N-dealkylation sites (tertiary alicyclic amines) is 1. The topological polar surface area (TPSA) is 69.7 Å². The Morgan fingerprint density at radius 1 is 1.36 bits per heavy atom. The van der Waals surface area contributed by atoms with Gasteiger partial charge in [0.05, 0.1) is 11.9 Å². The molecule has 6 nitrogen and oxygen atoms in total. The molecule has 1 aromatic rings. The number of nitrogens with zero attached hydrogens (tertiary/aromatic N) is 2. The molecule has 0 radical (unpaired) electrons. The molecular weight excluding hydrogens is 362 g/mol. The Labute approximate surface area is 155 Å². The van der Waals surface area contributed by atoms with Gasteiger partial charge in [-0.15, -0.1) is 0 Å². The van der Waals surface area contributed by atoms with Crippen molar-refractivity contribution in [2.24, 2.45) is 0 Å². The molecule has 140 valence electrons. The van der Waals surface area contributed by atoms with E-state index in [0.29, 0.717) is 23.6 Å². The fraction of sp³-hybridized carbons (Fsp3) is 0.588. The summed E-state index contributed by atoms with van der Waals surface area (Å²) in [5, 5.41) is 3.52. The van der Waals surface area contributed by atoms with Gasteiger partial charge in [0.1, 0.15) is 0 Å². The third kappa shape index (κ3) is 6.49. The Morgan fingerprint density at radius 2 is 2.04 bits per heavy atom. The zero-order valence-electron chi connectivity index (χ0n) is 14.7. The van der Waals surface area contributed by atoms with Crippen molar-refractivity contribution in [3.63, 3.8) is 0 Å². The molecule has 0 aliphatic carbocycles. The molecule has 25 heavy (non-hydrogen) atoms. The first kappa shape index (κ1) is 20.0. The maximum Gasteiger partial charge on any atom is 0.232 e. The second-order valence-corrected chi connectivity index (χ2v) is 8.91. The van der Waals surface area contributed by atoms with Crippen molar-refractivity contribution in [3.8, 4) is 0 Å². The van der Waals surface area contributed by atoms with E-state index in [9.17, 15) is 13.2 Å². The summed E-state index contributed by atoms with van der Waals surface area (Å²) in [4.78, 5) is 14.3. The number of anilines is 1. The maximum atomic E-state index is 12.1. The molecular formula is C17H26ClN3O3S. The van der Waals surface area contributed by atoms with Crippen LogP contribution < -0.4 is 9.62 Å². The Hall–Kier alpha value is -1.31. The molecule has 0 aromatic heterocycles. The minimum absolute atomic E-state index is 0.0194. The fourth-order valence-corrected chi connectivity index (χ4v) is 4.10. The van der Waals surface area contributed by atoms with Crippen molar-refractivity contribution in [1.82, 2.24) is 10.2 Å². The van der Waals surface area contributed by atoms with Gasteiger partial charge in [0.15, 0.2) is 0 Å². The first-order chi connectivity index (χ1) is 11.8. The quantitative estimate of drug-likeness (QED) is 0.777. The number of nitrogens with one attached hydrogen (secondary N) is 1. The number of benzene rings is 1. The van der Waals surface area contributed by atoms with E-state index in [1.54, 1.807) is 24.3 Å². The highest BCUT2D eigenvalue weighted by molar-refractivity contribution is 7.92. The number of carbonyl (C=O) groups excluding carboxylic acids is 1. The first-order valence-corrected chi connectivity index (χ1v) is 10.7. The standard InChI is InChI=1S/C17H26ClN3O3S/c1-20-11-8-15(9-12-20)19-17(22)7-4-10-21(25(2,23)24)16-6-3-5-14(18)13-16/h3,5-6,13,15H,4,7-12H2,1-2H3,(H,19,22). The summed E-state index contributed by atoms with van der Waals surface area (Å²) in [7, 11) is -1.35. The van der Waals surface area contributed by atoms with Crippen LogP contribution in [0.5, 0.6) is 0 Å². The van der Waals surface area contributed by atoms with Crippen molar-refractivity contribution in [2.75, 3.05) is 37.2 Å². The van der Waals surface area contributed by atoms with E-state index in [4.69, 9.17) is 11.6 Å². The lowest BCUT2D eigenvalue weighted by Crippen LogP contribution is -2.43. The van der Waals surface area contributed by atoms with Crippen LogP contribution in [0.1, 0.15) is 25.7 Å². The number of hydrogen-bond donors (Lipinski definition) is 1. The summed E-state index contributed by atoms with van der Waals surface area (Å²) in [6.07, 6.45) is 3.84. The smallest absolute Gasteiger partial charge is 0.232 e. The fourth-order valence-electron chi connectivity index (χ4n) is 2.95. The predicted molar refractivity (Wildman–Crippen MR) is 102 cm³/mol. The molecule has 1 aliphatic heterocycles. The molecule has 0 atom stereocenters. The molecule has 1 aromatic carbocycles. The van der Waals surface area contributed by atoms with Crippen molar-refractivity contribution in [3.05, 3.63) is 29.3 Å². The lowest BCUT2D eigenvalue weighted by Gasteiger charge is -2.29. The van der Waals surface area contributed by atoms with Crippen molar-refractivity contribution >= 4 is 33.2 Å². The van der Waals surface area contributed by atoms with Crippen LogP contribution in [0.15, 0.2) is 24.3 Å². The highest BCUT2D eigenvalue weighted by atomic mass is 35.5. The van der Waals surface area contributed by atoms with Gasteiger partial charge in [-0.25, -0.2) is 8.42 Å². The number of piperidine rings is 1. The summed E-state index contributed by atoms with van der Waals surface area (Å²) in [5.74, 6) is -0.0194. The Kier molecular flexibility index (Phi) is 7.10. The molecule has 2 rings (SSSR count). The lowest BCUT2D eigenvalue weighted by molar-refractivity contribution is -0.122. The van der Waals surface area contributed by atoms with Gasteiger partial charge in [-0.3, -0.25) is 9.10 Å². The third-order valence-corrected chi connectivity index (χ3v) is 5.77. The molecule has 1 aliphatic rings. The number of halogens is 1. The monoisotopic (exact) mass is 387 g/mol. The third-order valence-electron chi connectivity index (χ3n) is 4.35. The summed E-state index contributed by atoms with van der Waals surface area (Å²) in [5.41, 5.74) is 0.519. The van der Waals surface area contributed by atoms with Crippen molar-refractivity contribution in [2.45, 2.75) is 31.7 Å². The molecule has 0 saturated carbocycles. The van der Waals surface area contributed by atoms with E-state index in [0.717, 1.165) is 32.2 Å².